The third kappa shape index (κ3) is 5.98. The van der Waals surface area contributed by atoms with Crippen molar-refractivity contribution in [1.29, 1.82) is 0 Å². The number of nitrogens with two attached hydrogens (primary N) is 3. The van der Waals surface area contributed by atoms with Crippen LogP contribution in [0.2, 0.25) is 0 Å². The molecular formula is C12H25N7. The van der Waals surface area contributed by atoms with Crippen molar-refractivity contribution in [2.45, 2.75) is 33.6 Å². The SMILES string of the molecule is CN=C(C)CC(CC(/C=N/N)/C(C)=N\N)/C(C)=N/N. The van der Waals surface area contributed by atoms with E-state index in [1.807, 2.05) is 20.8 Å². The Morgan fingerprint density at radius 1 is 1.05 bits per heavy atom. The van der Waals surface area contributed by atoms with Crippen molar-refractivity contribution in [2.24, 2.45) is 49.7 Å². The van der Waals surface area contributed by atoms with E-state index in [1.54, 1.807) is 13.3 Å². The summed E-state index contributed by atoms with van der Waals surface area (Å²) in [6.07, 6.45) is 3.17. The fourth-order valence-corrected chi connectivity index (χ4v) is 1.80. The Kier molecular flexibility index (Phi) is 8.15. The molecule has 0 rings (SSSR count). The van der Waals surface area contributed by atoms with Crippen molar-refractivity contribution in [3.05, 3.63) is 0 Å². The molecule has 0 fully saturated rings. The summed E-state index contributed by atoms with van der Waals surface area (Å²) in [6.45, 7) is 5.73. The van der Waals surface area contributed by atoms with Gasteiger partial charge in [-0.1, -0.05) is 0 Å². The highest BCUT2D eigenvalue weighted by Crippen LogP contribution is 2.19. The monoisotopic (exact) mass is 267 g/mol. The predicted molar refractivity (Wildman–Crippen MR) is 82.5 cm³/mol. The van der Waals surface area contributed by atoms with Crippen molar-refractivity contribution in [2.75, 3.05) is 7.05 Å². The smallest absolute Gasteiger partial charge is 0.0430 e. The summed E-state index contributed by atoms with van der Waals surface area (Å²) in [5.74, 6) is 16.1. The van der Waals surface area contributed by atoms with Crippen LogP contribution in [-0.4, -0.2) is 30.4 Å². The van der Waals surface area contributed by atoms with Crippen LogP contribution in [0, 0.1) is 11.8 Å². The molecule has 0 bridgehead atoms. The van der Waals surface area contributed by atoms with Crippen molar-refractivity contribution >= 4 is 23.3 Å². The first-order valence-corrected chi connectivity index (χ1v) is 6.14. The summed E-state index contributed by atoms with van der Waals surface area (Å²) >= 11 is 0. The quantitative estimate of drug-likeness (QED) is 0.357. The standard InChI is InChI=1S/C12H25N7/c1-8(16-4)5-11(9(2)18-14)6-12(7-17-13)10(3)19-15/h7,11-12H,5-6,13-15H2,1-4H3/b16-8?,17-7+,18-9+,19-10-. The molecule has 19 heavy (non-hydrogen) atoms. The second-order valence-electron chi connectivity index (χ2n) is 4.54. The van der Waals surface area contributed by atoms with Gasteiger partial charge in [0.2, 0.25) is 0 Å². The van der Waals surface area contributed by atoms with E-state index in [0.29, 0.717) is 0 Å². The van der Waals surface area contributed by atoms with Crippen LogP contribution in [-0.2, 0) is 0 Å². The second-order valence-corrected chi connectivity index (χ2v) is 4.54. The van der Waals surface area contributed by atoms with Crippen LogP contribution in [0.5, 0.6) is 0 Å². The van der Waals surface area contributed by atoms with Crippen molar-refractivity contribution < 1.29 is 0 Å². The molecule has 0 aromatic carbocycles. The summed E-state index contributed by atoms with van der Waals surface area (Å²) in [5.41, 5.74) is 2.68. The lowest BCUT2D eigenvalue weighted by Crippen LogP contribution is -2.25. The highest BCUT2D eigenvalue weighted by molar-refractivity contribution is 5.98. The largest absolute Gasteiger partial charge is 0.324 e. The first kappa shape index (κ1) is 17.1. The summed E-state index contributed by atoms with van der Waals surface area (Å²) in [6, 6.07) is 0. The van der Waals surface area contributed by atoms with Gasteiger partial charge in [-0.2, -0.15) is 15.3 Å². The van der Waals surface area contributed by atoms with Crippen LogP contribution >= 0.6 is 0 Å². The molecule has 0 aromatic heterocycles. The predicted octanol–water partition coefficient (Wildman–Crippen LogP) is 0.703. The number of hydrogen-bond donors (Lipinski definition) is 3. The Hall–Kier alpha value is -1.92. The van der Waals surface area contributed by atoms with Crippen molar-refractivity contribution in [3.8, 4) is 0 Å². The molecule has 0 aromatic rings. The van der Waals surface area contributed by atoms with Gasteiger partial charge in [-0.05, 0) is 33.6 Å². The van der Waals surface area contributed by atoms with Gasteiger partial charge in [-0.3, -0.25) is 4.99 Å². The van der Waals surface area contributed by atoms with E-state index in [9.17, 15) is 0 Å². The van der Waals surface area contributed by atoms with Crippen LogP contribution in [0.3, 0.4) is 0 Å². The van der Waals surface area contributed by atoms with Gasteiger partial charge in [0.05, 0.1) is 0 Å². The molecule has 2 atom stereocenters. The molecule has 7 nitrogen and oxygen atoms in total. The van der Waals surface area contributed by atoms with Crippen LogP contribution in [0.4, 0.5) is 0 Å². The second kappa shape index (κ2) is 9.07. The van der Waals surface area contributed by atoms with E-state index < -0.39 is 0 Å². The van der Waals surface area contributed by atoms with Crippen molar-refractivity contribution in [1.82, 2.24) is 0 Å². The lowest BCUT2D eigenvalue weighted by Gasteiger charge is -2.20. The zero-order valence-corrected chi connectivity index (χ0v) is 12.2. The third-order valence-corrected chi connectivity index (χ3v) is 3.26. The fourth-order valence-electron chi connectivity index (χ4n) is 1.80. The number of aliphatic imine (C=N–C) groups is 1. The Balaban J connectivity index is 5.06. The normalized spacial score (nSPS) is 17.8. The average molecular weight is 267 g/mol. The maximum absolute atomic E-state index is 5.38. The van der Waals surface area contributed by atoms with Gasteiger partial charge in [0.15, 0.2) is 0 Å². The van der Waals surface area contributed by atoms with Crippen LogP contribution < -0.4 is 17.5 Å². The van der Waals surface area contributed by atoms with Crippen LogP contribution in [0.1, 0.15) is 33.6 Å². The molecule has 0 saturated heterocycles. The highest BCUT2D eigenvalue weighted by Gasteiger charge is 2.21. The van der Waals surface area contributed by atoms with Gasteiger partial charge in [0.1, 0.15) is 0 Å². The van der Waals surface area contributed by atoms with Gasteiger partial charge in [0, 0.05) is 42.2 Å². The van der Waals surface area contributed by atoms with Crippen LogP contribution in [0.15, 0.2) is 20.3 Å². The molecule has 0 amide bonds. The molecule has 108 valence electrons. The van der Waals surface area contributed by atoms with E-state index in [4.69, 9.17) is 17.5 Å². The molecule has 0 spiro atoms. The molecule has 0 heterocycles. The fraction of sp³-hybridized carbons (Fsp3) is 0.667. The third-order valence-electron chi connectivity index (χ3n) is 3.26. The summed E-state index contributed by atoms with van der Waals surface area (Å²) in [4.78, 5) is 4.17. The zero-order chi connectivity index (χ0) is 14.8. The minimum absolute atomic E-state index is 0.0265. The van der Waals surface area contributed by atoms with Gasteiger partial charge < -0.3 is 17.5 Å². The molecule has 0 aliphatic rings. The highest BCUT2D eigenvalue weighted by atomic mass is 15.1. The summed E-state index contributed by atoms with van der Waals surface area (Å²) < 4.78 is 0. The Morgan fingerprint density at radius 2 is 1.63 bits per heavy atom. The average Bonchev–Trinajstić information content (AvgIpc) is 2.43. The van der Waals surface area contributed by atoms with Crippen molar-refractivity contribution in [3.63, 3.8) is 0 Å². The summed E-state index contributed by atoms with van der Waals surface area (Å²) in [7, 11) is 1.77. The van der Waals surface area contributed by atoms with E-state index in [2.05, 4.69) is 20.3 Å². The Labute approximate surface area is 114 Å². The number of rotatable bonds is 7. The van der Waals surface area contributed by atoms with Gasteiger partial charge in [0.25, 0.3) is 0 Å². The molecule has 6 N–H and O–H groups in total. The number of hydrazone groups is 3. The lowest BCUT2D eigenvalue weighted by atomic mass is 9.86. The molecule has 0 saturated carbocycles. The molecule has 7 heteroatoms. The maximum Gasteiger partial charge on any atom is 0.0430 e. The lowest BCUT2D eigenvalue weighted by molar-refractivity contribution is 0.615. The minimum Gasteiger partial charge on any atom is -0.324 e. The topological polar surface area (TPSA) is 127 Å². The molecule has 0 aliphatic carbocycles. The Bertz CT molecular complexity index is 382. The van der Waals surface area contributed by atoms with E-state index in [0.717, 1.165) is 30.0 Å². The maximum atomic E-state index is 5.38. The first-order valence-electron chi connectivity index (χ1n) is 6.14. The van der Waals surface area contributed by atoms with Gasteiger partial charge in [-0.25, -0.2) is 0 Å². The zero-order valence-electron chi connectivity index (χ0n) is 12.2. The van der Waals surface area contributed by atoms with Gasteiger partial charge in [-0.15, -0.1) is 0 Å². The number of nitrogens with zero attached hydrogens (tertiary/aromatic N) is 4. The Morgan fingerprint density at radius 3 is 2.05 bits per heavy atom. The molecular weight excluding hydrogens is 242 g/mol. The van der Waals surface area contributed by atoms with E-state index in [1.165, 1.54) is 0 Å². The van der Waals surface area contributed by atoms with Crippen LogP contribution in [0.25, 0.3) is 0 Å². The van der Waals surface area contributed by atoms with E-state index >= 15 is 0 Å². The molecule has 2 unspecified atom stereocenters. The van der Waals surface area contributed by atoms with E-state index in [-0.39, 0.29) is 11.8 Å². The van der Waals surface area contributed by atoms with Gasteiger partial charge >= 0.3 is 0 Å². The summed E-state index contributed by atoms with van der Waals surface area (Å²) in [5, 5.41) is 11.1. The minimum atomic E-state index is -0.0265. The first-order chi connectivity index (χ1) is 8.99. The molecule has 0 aliphatic heterocycles. The molecule has 0 radical (unpaired) electrons. The number of hydrogen-bond acceptors (Lipinski definition) is 7.